The Morgan fingerprint density at radius 3 is 2.81 bits per heavy atom. The number of hydrogen-bond acceptors (Lipinski definition) is 3. The van der Waals surface area contributed by atoms with Crippen molar-refractivity contribution in [1.82, 2.24) is 15.1 Å². The van der Waals surface area contributed by atoms with E-state index in [9.17, 15) is 14.4 Å². The summed E-state index contributed by atoms with van der Waals surface area (Å²) in [6.45, 7) is 0.993. The second-order valence-electron chi connectivity index (χ2n) is 5.13. The summed E-state index contributed by atoms with van der Waals surface area (Å²) in [6, 6.07) is 6.61. The van der Waals surface area contributed by atoms with Crippen molar-refractivity contribution in [3.05, 3.63) is 34.3 Å². The summed E-state index contributed by atoms with van der Waals surface area (Å²) >= 11 is 3.34. The quantitative estimate of drug-likeness (QED) is 0.814. The monoisotopic (exact) mass is 351 g/mol. The maximum atomic E-state index is 12.4. The number of benzene rings is 1. The van der Waals surface area contributed by atoms with E-state index in [1.165, 1.54) is 4.90 Å². The van der Waals surface area contributed by atoms with Gasteiger partial charge in [0.25, 0.3) is 5.91 Å². The first-order valence-electron chi connectivity index (χ1n) is 6.71. The third-order valence-corrected chi connectivity index (χ3v) is 4.26. The molecule has 0 saturated carbocycles. The van der Waals surface area contributed by atoms with E-state index in [4.69, 9.17) is 0 Å². The minimum atomic E-state index is -0.359. The molecule has 1 unspecified atom stereocenters. The van der Waals surface area contributed by atoms with E-state index < -0.39 is 0 Å². The van der Waals surface area contributed by atoms with Crippen molar-refractivity contribution in [3.63, 3.8) is 0 Å². The topological polar surface area (TPSA) is 69.7 Å². The Kier molecular flexibility index (Phi) is 3.67. The molecule has 2 saturated heterocycles. The number of urea groups is 1. The van der Waals surface area contributed by atoms with Gasteiger partial charge in [-0.2, -0.15) is 0 Å². The highest BCUT2D eigenvalue weighted by Crippen LogP contribution is 2.21. The summed E-state index contributed by atoms with van der Waals surface area (Å²) in [5.41, 5.74) is 0.599. The third kappa shape index (κ3) is 2.65. The molecule has 1 aromatic rings. The molecule has 1 N–H and O–H groups in total. The summed E-state index contributed by atoms with van der Waals surface area (Å²) in [5.74, 6) is -0.299. The first-order valence-corrected chi connectivity index (χ1v) is 7.50. The normalized spacial score (nSPS) is 21.9. The van der Waals surface area contributed by atoms with Crippen LogP contribution in [0.1, 0.15) is 16.8 Å². The first-order chi connectivity index (χ1) is 10.1. The molecule has 21 heavy (non-hydrogen) atoms. The van der Waals surface area contributed by atoms with E-state index in [0.717, 1.165) is 4.47 Å². The molecule has 0 aromatic heterocycles. The van der Waals surface area contributed by atoms with Gasteiger partial charge in [0, 0.05) is 23.1 Å². The Bertz CT molecular complexity index is 603. The zero-order valence-corrected chi connectivity index (χ0v) is 12.8. The molecule has 110 valence electrons. The zero-order chi connectivity index (χ0) is 15.0. The van der Waals surface area contributed by atoms with Crippen molar-refractivity contribution in [2.45, 2.75) is 12.5 Å². The SMILES string of the molecule is O=C(c1cccc(Br)c1)N1CCC(N2C(=O)CNC2=O)C1. The van der Waals surface area contributed by atoms with Crippen molar-refractivity contribution in [2.24, 2.45) is 0 Å². The van der Waals surface area contributed by atoms with Crippen molar-refractivity contribution < 1.29 is 14.4 Å². The van der Waals surface area contributed by atoms with Crippen LogP contribution in [0.25, 0.3) is 0 Å². The van der Waals surface area contributed by atoms with Crippen molar-refractivity contribution in [2.75, 3.05) is 19.6 Å². The second kappa shape index (κ2) is 5.48. The molecule has 2 aliphatic heterocycles. The van der Waals surface area contributed by atoms with Crippen LogP contribution in [0.2, 0.25) is 0 Å². The predicted octanol–water partition coefficient (Wildman–Crippen LogP) is 1.22. The van der Waals surface area contributed by atoms with Gasteiger partial charge in [0.1, 0.15) is 0 Å². The maximum Gasteiger partial charge on any atom is 0.324 e. The van der Waals surface area contributed by atoms with Crippen LogP contribution in [0.3, 0.4) is 0 Å². The number of amides is 4. The minimum Gasteiger partial charge on any atom is -0.336 e. The molecular weight excluding hydrogens is 338 g/mol. The molecule has 2 heterocycles. The smallest absolute Gasteiger partial charge is 0.324 e. The number of likely N-dealkylation sites (tertiary alicyclic amines) is 1. The highest BCUT2D eigenvalue weighted by molar-refractivity contribution is 9.10. The van der Waals surface area contributed by atoms with E-state index in [2.05, 4.69) is 21.2 Å². The maximum absolute atomic E-state index is 12.4. The van der Waals surface area contributed by atoms with E-state index in [1.807, 2.05) is 12.1 Å². The Balaban J connectivity index is 1.71. The van der Waals surface area contributed by atoms with Crippen LogP contribution < -0.4 is 5.32 Å². The Labute approximate surface area is 130 Å². The standard InChI is InChI=1S/C14H14BrN3O3/c15-10-3-1-2-9(6-10)13(20)17-5-4-11(8-17)18-12(19)7-16-14(18)21/h1-3,6,11H,4-5,7-8H2,(H,16,21). The van der Waals surface area contributed by atoms with Gasteiger partial charge in [0.15, 0.2) is 0 Å². The lowest BCUT2D eigenvalue weighted by molar-refractivity contribution is -0.126. The first kappa shape index (κ1) is 14.1. The number of nitrogens with one attached hydrogen (secondary N) is 1. The molecule has 0 bridgehead atoms. The summed E-state index contributed by atoms with van der Waals surface area (Å²) in [6.07, 6.45) is 0.624. The molecule has 3 rings (SSSR count). The van der Waals surface area contributed by atoms with Gasteiger partial charge < -0.3 is 10.2 Å². The Morgan fingerprint density at radius 1 is 1.33 bits per heavy atom. The fourth-order valence-electron chi connectivity index (χ4n) is 2.75. The number of imide groups is 1. The van der Waals surface area contributed by atoms with Gasteiger partial charge in [-0.05, 0) is 24.6 Å². The molecule has 4 amide bonds. The molecule has 0 spiro atoms. The second-order valence-corrected chi connectivity index (χ2v) is 6.04. The summed E-state index contributed by atoms with van der Waals surface area (Å²) in [7, 11) is 0. The van der Waals surface area contributed by atoms with Gasteiger partial charge in [-0.1, -0.05) is 22.0 Å². The number of carbonyl (C=O) groups is 3. The fourth-order valence-corrected chi connectivity index (χ4v) is 3.14. The Hall–Kier alpha value is -1.89. The van der Waals surface area contributed by atoms with Crippen molar-refractivity contribution in [3.8, 4) is 0 Å². The molecular formula is C14H14BrN3O3. The molecule has 1 atom stereocenters. The van der Waals surface area contributed by atoms with E-state index in [1.54, 1.807) is 17.0 Å². The molecule has 0 aliphatic carbocycles. The largest absolute Gasteiger partial charge is 0.336 e. The van der Waals surface area contributed by atoms with Gasteiger partial charge >= 0.3 is 6.03 Å². The van der Waals surface area contributed by atoms with Gasteiger partial charge in [-0.25, -0.2) is 4.79 Å². The van der Waals surface area contributed by atoms with Crippen LogP contribution >= 0.6 is 15.9 Å². The molecule has 1 aromatic carbocycles. The van der Waals surface area contributed by atoms with Crippen LogP contribution in [-0.2, 0) is 4.79 Å². The summed E-state index contributed by atoms with van der Waals surface area (Å²) < 4.78 is 0.846. The van der Waals surface area contributed by atoms with Crippen molar-refractivity contribution in [1.29, 1.82) is 0 Å². The van der Waals surface area contributed by atoms with Gasteiger partial charge in [0.05, 0.1) is 12.6 Å². The number of carbonyl (C=O) groups excluding carboxylic acids is 3. The van der Waals surface area contributed by atoms with Crippen LogP contribution in [0.4, 0.5) is 4.79 Å². The van der Waals surface area contributed by atoms with E-state index in [0.29, 0.717) is 25.1 Å². The third-order valence-electron chi connectivity index (χ3n) is 3.77. The molecule has 2 aliphatic rings. The lowest BCUT2D eigenvalue weighted by atomic mass is 10.2. The molecule has 2 fully saturated rings. The van der Waals surface area contributed by atoms with Crippen LogP contribution in [-0.4, -0.2) is 53.3 Å². The van der Waals surface area contributed by atoms with Crippen LogP contribution in [0.15, 0.2) is 28.7 Å². The number of nitrogens with zero attached hydrogens (tertiary/aromatic N) is 2. The molecule has 7 heteroatoms. The number of rotatable bonds is 2. The van der Waals surface area contributed by atoms with Gasteiger partial charge in [0.2, 0.25) is 5.91 Å². The fraction of sp³-hybridized carbons (Fsp3) is 0.357. The number of halogens is 1. The number of hydrogen-bond donors (Lipinski definition) is 1. The van der Waals surface area contributed by atoms with Crippen molar-refractivity contribution >= 4 is 33.8 Å². The summed E-state index contributed by atoms with van der Waals surface area (Å²) in [5, 5.41) is 2.51. The van der Waals surface area contributed by atoms with Crippen LogP contribution in [0.5, 0.6) is 0 Å². The highest BCUT2D eigenvalue weighted by atomic mass is 79.9. The molecule has 6 nitrogen and oxygen atoms in total. The van der Waals surface area contributed by atoms with Crippen LogP contribution in [0, 0.1) is 0 Å². The van der Waals surface area contributed by atoms with E-state index in [-0.39, 0.29) is 30.4 Å². The average molecular weight is 352 g/mol. The van der Waals surface area contributed by atoms with Gasteiger partial charge in [-0.15, -0.1) is 0 Å². The zero-order valence-electron chi connectivity index (χ0n) is 11.2. The lowest BCUT2D eigenvalue weighted by Crippen LogP contribution is -2.42. The van der Waals surface area contributed by atoms with E-state index >= 15 is 0 Å². The summed E-state index contributed by atoms with van der Waals surface area (Å²) in [4.78, 5) is 38.7. The minimum absolute atomic E-state index is 0.0505. The predicted molar refractivity (Wildman–Crippen MR) is 78.7 cm³/mol. The highest BCUT2D eigenvalue weighted by Gasteiger charge is 2.39. The lowest BCUT2D eigenvalue weighted by Gasteiger charge is -2.21. The van der Waals surface area contributed by atoms with Gasteiger partial charge in [-0.3, -0.25) is 14.5 Å². The Morgan fingerprint density at radius 2 is 2.14 bits per heavy atom. The average Bonchev–Trinajstić information content (AvgIpc) is 3.05. The molecule has 0 radical (unpaired) electrons.